The molecule has 0 amide bonds. The van der Waals surface area contributed by atoms with E-state index in [1.165, 1.54) is 7.11 Å². The molecule has 3 nitrogen and oxygen atoms in total. The summed E-state index contributed by atoms with van der Waals surface area (Å²) < 4.78 is 10.4. The van der Waals surface area contributed by atoms with Crippen LogP contribution in [0.1, 0.15) is 17.3 Å². The summed E-state index contributed by atoms with van der Waals surface area (Å²) in [4.78, 5) is 12.4. The first kappa shape index (κ1) is 15.8. The predicted molar refractivity (Wildman–Crippen MR) is 70.5 cm³/mol. The van der Waals surface area contributed by atoms with Gasteiger partial charge in [-0.25, -0.2) is 0 Å². The molecule has 0 aliphatic heterocycles. The second kappa shape index (κ2) is 7.34. The fourth-order valence-electron chi connectivity index (χ4n) is 1.81. The van der Waals surface area contributed by atoms with Crippen molar-refractivity contribution in [2.24, 2.45) is 0 Å². The Morgan fingerprint density at radius 2 is 1.63 bits per heavy atom. The number of benzene rings is 2. The van der Waals surface area contributed by atoms with Gasteiger partial charge in [-0.15, -0.1) is 0 Å². The van der Waals surface area contributed by atoms with Gasteiger partial charge < -0.3 is 10.9 Å². The van der Waals surface area contributed by atoms with Crippen molar-refractivity contribution in [2.75, 3.05) is 14.2 Å². The molecule has 0 aliphatic rings. The van der Waals surface area contributed by atoms with Gasteiger partial charge in [0.05, 0.1) is 19.8 Å². The third kappa shape index (κ3) is 3.38. The molecule has 0 fully saturated rings. The second-order valence-electron chi connectivity index (χ2n) is 3.74. The van der Waals surface area contributed by atoms with Crippen LogP contribution < -0.4 is 39.0 Å². The van der Waals surface area contributed by atoms with Crippen LogP contribution in [0.4, 0.5) is 0 Å². The summed E-state index contributed by atoms with van der Waals surface area (Å²) >= 11 is 0. The number of ether oxygens (including phenoxy) is 2. The average molecular weight is 266 g/mol. The fourth-order valence-corrected chi connectivity index (χ4v) is 1.81. The Kier molecular flexibility index (Phi) is 6.09. The van der Waals surface area contributed by atoms with E-state index in [1.54, 1.807) is 37.4 Å². The zero-order valence-electron chi connectivity index (χ0n) is 12.3. The summed E-state index contributed by atoms with van der Waals surface area (Å²) in [6, 6.07) is 14.4. The molecule has 0 atom stereocenters. The van der Waals surface area contributed by atoms with E-state index >= 15 is 0 Å². The predicted octanol–water partition coefficient (Wildman–Crippen LogP) is 0.0513. The molecule has 0 unspecified atom stereocenters. The summed E-state index contributed by atoms with van der Waals surface area (Å²) in [5.74, 6) is 0.944. The minimum atomic E-state index is -0.0775. The molecule has 0 aliphatic carbocycles. The van der Waals surface area contributed by atoms with Gasteiger partial charge in [0.1, 0.15) is 0 Å². The van der Waals surface area contributed by atoms with Gasteiger partial charge in [0.15, 0.2) is 17.3 Å². The summed E-state index contributed by atoms with van der Waals surface area (Å²) in [6.45, 7) is 0. The molecule has 0 heterocycles. The Morgan fingerprint density at radius 1 is 0.947 bits per heavy atom. The van der Waals surface area contributed by atoms with E-state index in [9.17, 15) is 4.79 Å². The molecule has 0 N–H and O–H groups in total. The van der Waals surface area contributed by atoms with Crippen LogP contribution in [0.25, 0.3) is 0 Å². The SMILES string of the molecule is COc1cccc(C(=O)c2ccccc2)c1OC.[H-].[Na+]. The van der Waals surface area contributed by atoms with Gasteiger partial charge in [0.25, 0.3) is 0 Å². The van der Waals surface area contributed by atoms with Crippen LogP contribution in [0.15, 0.2) is 48.5 Å². The van der Waals surface area contributed by atoms with E-state index in [4.69, 9.17) is 9.47 Å². The molecule has 94 valence electrons. The van der Waals surface area contributed by atoms with Gasteiger partial charge in [0.2, 0.25) is 0 Å². The Labute approximate surface area is 136 Å². The van der Waals surface area contributed by atoms with Crippen molar-refractivity contribution in [1.82, 2.24) is 0 Å². The van der Waals surface area contributed by atoms with Crippen LogP contribution in [0.2, 0.25) is 0 Å². The van der Waals surface area contributed by atoms with Gasteiger partial charge >= 0.3 is 29.6 Å². The molecule has 0 saturated heterocycles. The molecule has 19 heavy (non-hydrogen) atoms. The Morgan fingerprint density at radius 3 is 2.21 bits per heavy atom. The number of hydrogen-bond acceptors (Lipinski definition) is 3. The minimum Gasteiger partial charge on any atom is -1.00 e. The van der Waals surface area contributed by atoms with Gasteiger partial charge in [-0.3, -0.25) is 4.79 Å². The fraction of sp³-hybridized carbons (Fsp3) is 0.133. The van der Waals surface area contributed by atoms with Gasteiger partial charge in [-0.1, -0.05) is 36.4 Å². The van der Waals surface area contributed by atoms with E-state index in [0.717, 1.165) is 0 Å². The quantitative estimate of drug-likeness (QED) is 0.579. The zero-order chi connectivity index (χ0) is 13.0. The van der Waals surface area contributed by atoms with Gasteiger partial charge in [-0.05, 0) is 12.1 Å². The largest absolute Gasteiger partial charge is 1.00 e. The van der Waals surface area contributed by atoms with Crippen molar-refractivity contribution < 1.29 is 45.3 Å². The topological polar surface area (TPSA) is 35.5 Å². The standard InChI is InChI=1S/C15H14O3.Na.H/c1-17-13-10-6-9-12(15(13)18-2)14(16)11-7-4-3-5-8-11;;/h3-10H,1-2H3;;/q;+1;-1. The Bertz CT molecular complexity index is 558. The third-order valence-corrected chi connectivity index (χ3v) is 2.68. The van der Waals surface area contributed by atoms with Crippen molar-refractivity contribution in [3.63, 3.8) is 0 Å². The Balaban J connectivity index is 0.00000180. The first-order chi connectivity index (χ1) is 8.77. The molecular formula is C15H15NaO3. The number of ketones is 1. The number of carbonyl (C=O) groups is 1. The molecular weight excluding hydrogens is 251 g/mol. The number of hydrogen-bond donors (Lipinski definition) is 0. The molecule has 2 aromatic rings. The van der Waals surface area contributed by atoms with Crippen molar-refractivity contribution >= 4 is 5.78 Å². The summed E-state index contributed by atoms with van der Waals surface area (Å²) in [6.07, 6.45) is 0. The van der Waals surface area contributed by atoms with Crippen molar-refractivity contribution in [3.8, 4) is 11.5 Å². The van der Waals surface area contributed by atoms with Crippen LogP contribution in [0, 0.1) is 0 Å². The van der Waals surface area contributed by atoms with Crippen molar-refractivity contribution in [1.29, 1.82) is 0 Å². The molecule has 0 aromatic heterocycles. The minimum absolute atomic E-state index is 0. The molecule has 0 saturated carbocycles. The van der Waals surface area contributed by atoms with E-state index in [-0.39, 0.29) is 36.8 Å². The zero-order valence-corrected chi connectivity index (χ0v) is 13.3. The average Bonchev–Trinajstić information content (AvgIpc) is 2.46. The Hall–Kier alpha value is -1.29. The number of para-hydroxylation sites is 1. The van der Waals surface area contributed by atoms with Gasteiger partial charge in [-0.2, -0.15) is 0 Å². The van der Waals surface area contributed by atoms with Crippen molar-refractivity contribution in [2.45, 2.75) is 0 Å². The van der Waals surface area contributed by atoms with E-state index < -0.39 is 0 Å². The second-order valence-corrected chi connectivity index (χ2v) is 3.74. The maximum atomic E-state index is 12.4. The maximum absolute atomic E-state index is 12.4. The number of rotatable bonds is 4. The molecule has 4 heteroatoms. The smallest absolute Gasteiger partial charge is 1.00 e. The summed E-state index contributed by atoms with van der Waals surface area (Å²) in [5.41, 5.74) is 1.13. The van der Waals surface area contributed by atoms with Crippen LogP contribution in [0.3, 0.4) is 0 Å². The number of carbonyl (C=O) groups excluding carboxylic acids is 1. The molecule has 0 spiro atoms. The van der Waals surface area contributed by atoms with E-state index in [1.807, 2.05) is 18.2 Å². The first-order valence-corrected chi connectivity index (χ1v) is 5.58. The third-order valence-electron chi connectivity index (χ3n) is 2.68. The molecule has 0 bridgehead atoms. The van der Waals surface area contributed by atoms with Crippen molar-refractivity contribution in [3.05, 3.63) is 59.7 Å². The van der Waals surface area contributed by atoms with Gasteiger partial charge in [0, 0.05) is 5.56 Å². The van der Waals surface area contributed by atoms with E-state index in [0.29, 0.717) is 22.6 Å². The van der Waals surface area contributed by atoms with E-state index in [2.05, 4.69) is 0 Å². The maximum Gasteiger partial charge on any atom is 1.00 e. The summed E-state index contributed by atoms with van der Waals surface area (Å²) in [5, 5.41) is 0. The van der Waals surface area contributed by atoms with Crippen LogP contribution in [-0.4, -0.2) is 20.0 Å². The summed E-state index contributed by atoms with van der Waals surface area (Å²) in [7, 11) is 3.08. The monoisotopic (exact) mass is 266 g/mol. The van der Waals surface area contributed by atoms with Crippen LogP contribution >= 0.6 is 0 Å². The van der Waals surface area contributed by atoms with Crippen LogP contribution in [-0.2, 0) is 0 Å². The molecule has 2 aromatic carbocycles. The number of methoxy groups -OCH3 is 2. The normalized spacial score (nSPS) is 9.37. The first-order valence-electron chi connectivity index (χ1n) is 5.58. The molecule has 2 rings (SSSR count). The van der Waals surface area contributed by atoms with Crippen LogP contribution in [0.5, 0.6) is 11.5 Å². The molecule has 0 radical (unpaired) electrons.